The van der Waals surface area contributed by atoms with Crippen molar-refractivity contribution < 1.29 is 92.3 Å². The van der Waals surface area contributed by atoms with Gasteiger partial charge in [-0.2, -0.15) is 0 Å². The second-order valence-corrected chi connectivity index (χ2v) is 21.9. The van der Waals surface area contributed by atoms with Gasteiger partial charge in [0.2, 0.25) is 0 Å². The molecule has 3 heterocycles. The number of methoxy groups -OCH3 is 3. The minimum Gasteiger partial charge on any atom is -0.460 e. The molecule has 0 aromatic heterocycles. The Morgan fingerprint density at radius 1 is 0.750 bits per heavy atom. The van der Waals surface area contributed by atoms with E-state index in [2.05, 4.69) is 0 Å². The molecule has 0 bridgehead atoms. The van der Waals surface area contributed by atoms with E-state index >= 15 is 0 Å². The maximum Gasteiger partial charge on any atom is 0.331 e. The molecule has 404 valence electrons. The Kier molecular flexibility index (Phi) is 16.0. The van der Waals surface area contributed by atoms with E-state index in [9.17, 15) is 40.2 Å². The quantitative estimate of drug-likeness (QED) is 0.0890. The van der Waals surface area contributed by atoms with E-state index in [1.807, 2.05) is 51.1 Å². The molecule has 3 aliphatic heterocycles. The van der Waals surface area contributed by atoms with Crippen molar-refractivity contribution in [2.24, 2.45) is 16.7 Å². The largest absolute Gasteiger partial charge is 0.460 e. The van der Waals surface area contributed by atoms with Crippen LogP contribution in [0.2, 0.25) is 0 Å². The summed E-state index contributed by atoms with van der Waals surface area (Å²) in [6, 6.07) is 9.17. The number of aliphatic hydroxyl groups excluding tert-OH is 2. The van der Waals surface area contributed by atoms with Gasteiger partial charge < -0.3 is 82.7 Å². The molecule has 0 unspecified atom stereocenters. The summed E-state index contributed by atoms with van der Waals surface area (Å²) in [5.41, 5.74) is -9.79. The predicted molar refractivity (Wildman–Crippen MR) is 254 cm³/mol. The van der Waals surface area contributed by atoms with Gasteiger partial charge in [0.1, 0.15) is 59.5 Å². The van der Waals surface area contributed by atoms with Crippen LogP contribution in [0, 0.1) is 16.7 Å². The van der Waals surface area contributed by atoms with Gasteiger partial charge in [-0.25, -0.2) is 4.79 Å². The second-order valence-electron chi connectivity index (χ2n) is 21.9. The van der Waals surface area contributed by atoms with Crippen LogP contribution in [-0.4, -0.2) is 185 Å². The van der Waals surface area contributed by atoms with E-state index in [-0.39, 0.29) is 38.5 Å². The molecule has 72 heavy (non-hydrogen) atoms. The summed E-state index contributed by atoms with van der Waals surface area (Å²) < 4.78 is 67.1. The summed E-state index contributed by atoms with van der Waals surface area (Å²) in [4.78, 5) is 26.0. The fraction of sp³-hybridized carbons (Fsp3) is 0.774. The number of esters is 2. The number of hydrogen-bond acceptors (Lipinski definition) is 19. The minimum absolute atomic E-state index is 0.0520. The monoisotopic (exact) mass is 1020 g/mol. The SMILES string of the molecule is CO[C@@H]1[C@@H](O)[C@H](O[C@H]2[C@@H](OC)C[C@H](O[C@H]3[C@@H](OC)C[C@H](O[C@H]4CC[C@]5(C)[C@H]6C[C@@H](OC(=O)/C=C/c7ccccc7)[C@@]7(C)[C@](O)(CC[C@@]7(O)[C@H](C)OC(C)=O)[C@]6(O)C=C[C@@]5(O)C4)O[C@@H]3C)O[C@@H]2C)O[C@H](C)[C@H]1O. The van der Waals surface area contributed by atoms with Crippen molar-refractivity contribution >= 4 is 18.0 Å². The average molecular weight is 1020 g/mol. The molecular weight excluding hydrogens is 941 g/mol. The van der Waals surface area contributed by atoms with Crippen LogP contribution in [0.5, 0.6) is 0 Å². The van der Waals surface area contributed by atoms with Crippen LogP contribution in [0.15, 0.2) is 48.6 Å². The smallest absolute Gasteiger partial charge is 0.331 e. The Labute approximate surface area is 422 Å². The second kappa shape index (κ2) is 20.9. The number of rotatable bonds is 14. The first kappa shape index (κ1) is 55.3. The van der Waals surface area contributed by atoms with Crippen LogP contribution in [0.3, 0.4) is 0 Å². The van der Waals surface area contributed by atoms with Crippen molar-refractivity contribution in [1.82, 2.24) is 0 Å². The molecule has 6 fully saturated rings. The number of aliphatic hydroxyl groups is 6. The molecule has 8 rings (SSSR count). The van der Waals surface area contributed by atoms with Crippen LogP contribution in [0.1, 0.15) is 105 Å². The third-order valence-electron chi connectivity index (χ3n) is 18.1. The normalized spacial score (nSPS) is 48.6. The van der Waals surface area contributed by atoms with Crippen molar-refractivity contribution in [2.75, 3.05) is 21.3 Å². The Hall–Kier alpha value is -2.96. The fourth-order valence-electron chi connectivity index (χ4n) is 13.8. The van der Waals surface area contributed by atoms with Gasteiger partial charge in [0.25, 0.3) is 0 Å². The van der Waals surface area contributed by atoms with Gasteiger partial charge in [-0.1, -0.05) is 56.3 Å². The highest BCUT2D eigenvalue weighted by molar-refractivity contribution is 5.87. The molecule has 0 amide bonds. The van der Waals surface area contributed by atoms with Gasteiger partial charge in [0.05, 0.1) is 47.6 Å². The molecule has 23 atom stereocenters. The van der Waals surface area contributed by atoms with Crippen molar-refractivity contribution in [1.29, 1.82) is 0 Å². The lowest BCUT2D eigenvalue weighted by atomic mass is 9.41. The first-order valence-electron chi connectivity index (χ1n) is 25.5. The summed E-state index contributed by atoms with van der Waals surface area (Å²) in [5.74, 6) is -2.27. The first-order valence-corrected chi connectivity index (χ1v) is 25.5. The number of fused-ring (bicyclic) bond motifs is 5. The zero-order valence-corrected chi connectivity index (χ0v) is 43.2. The van der Waals surface area contributed by atoms with Gasteiger partial charge in [-0.3, -0.25) is 4.79 Å². The maximum absolute atomic E-state index is 13.8. The zero-order valence-electron chi connectivity index (χ0n) is 43.2. The fourth-order valence-corrected chi connectivity index (χ4v) is 13.8. The molecule has 0 radical (unpaired) electrons. The van der Waals surface area contributed by atoms with E-state index in [1.165, 1.54) is 33.1 Å². The lowest BCUT2D eigenvalue weighted by molar-refractivity contribution is -0.353. The zero-order chi connectivity index (χ0) is 52.3. The molecule has 3 saturated carbocycles. The van der Waals surface area contributed by atoms with Crippen LogP contribution in [0.25, 0.3) is 6.08 Å². The number of carbonyl (C=O) groups excluding carboxylic acids is 2. The molecule has 4 aliphatic carbocycles. The molecular formula is C53H78O19. The summed E-state index contributed by atoms with van der Waals surface area (Å²) >= 11 is 0. The maximum atomic E-state index is 13.8. The molecule has 3 saturated heterocycles. The van der Waals surface area contributed by atoms with E-state index in [4.69, 9.17) is 52.1 Å². The highest BCUT2D eigenvalue weighted by atomic mass is 16.8. The molecule has 1 aromatic carbocycles. The topological polar surface area (TPSA) is 257 Å². The summed E-state index contributed by atoms with van der Waals surface area (Å²) in [7, 11) is 4.54. The van der Waals surface area contributed by atoms with Crippen LogP contribution in [0.4, 0.5) is 0 Å². The van der Waals surface area contributed by atoms with Crippen molar-refractivity contribution in [3.05, 3.63) is 54.1 Å². The molecule has 7 aliphatic rings. The third kappa shape index (κ3) is 9.33. The molecule has 1 aromatic rings. The van der Waals surface area contributed by atoms with E-state index in [0.29, 0.717) is 12.8 Å². The summed E-state index contributed by atoms with van der Waals surface area (Å²) in [6.45, 7) is 11.6. The lowest BCUT2D eigenvalue weighted by Gasteiger charge is -2.68. The van der Waals surface area contributed by atoms with Crippen molar-refractivity contribution in [3.63, 3.8) is 0 Å². The van der Waals surface area contributed by atoms with Gasteiger partial charge in [0.15, 0.2) is 18.9 Å². The van der Waals surface area contributed by atoms with Gasteiger partial charge in [0, 0.05) is 64.9 Å². The number of carbonyl (C=O) groups is 2. The van der Waals surface area contributed by atoms with Crippen LogP contribution >= 0.6 is 0 Å². The number of ether oxygens (including phenoxy) is 11. The highest BCUT2D eigenvalue weighted by Crippen LogP contribution is 2.71. The molecule has 19 nitrogen and oxygen atoms in total. The lowest BCUT2D eigenvalue weighted by Crippen LogP contribution is -2.80. The average Bonchev–Trinajstić information content (AvgIpc) is 3.57. The Bertz CT molecular complexity index is 2130. The van der Waals surface area contributed by atoms with Gasteiger partial charge in [-0.05, 0) is 71.4 Å². The van der Waals surface area contributed by atoms with Crippen LogP contribution < -0.4 is 0 Å². The van der Waals surface area contributed by atoms with Gasteiger partial charge >= 0.3 is 11.9 Å². The standard InChI is InChI=1S/C53H78O19/c1-28-42(56)46(64-10)43(57)47(67-28)72-45-30(3)66-41(25-36(45)63-9)71-44-29(2)65-40(24-35(44)62-8)69-34-18-19-48(6)37-26-38(70-39(55)17-16-33-14-12-11-13-15-33)49(7)51(59,31(4)68-32(5)54)22-23-53(49,61)52(37,60)21-20-50(48,58)27-34/h11-17,20-21,28-31,34-38,40-47,56-61H,18-19,22-27H2,1-10H3/b17-16+/t28-,29-,30-,31+,34+,35+,36+,37-,38-,40+,41+,42-,43-,44-,45-,46+,47+,48-,49-,50-,51-,52+,53-/m1/s1. The van der Waals surface area contributed by atoms with E-state index in [1.54, 1.807) is 40.2 Å². The molecule has 0 spiro atoms. The van der Waals surface area contributed by atoms with Crippen molar-refractivity contribution in [3.8, 4) is 0 Å². The number of hydrogen-bond donors (Lipinski definition) is 6. The Morgan fingerprint density at radius 2 is 1.38 bits per heavy atom. The van der Waals surface area contributed by atoms with E-state index in [0.717, 1.165) is 5.56 Å². The summed E-state index contributed by atoms with van der Waals surface area (Å²) in [6.07, 6.45) is -5.71. The first-order chi connectivity index (χ1) is 33.9. The minimum atomic E-state index is -2.12. The molecule has 19 heteroatoms. The van der Waals surface area contributed by atoms with E-state index < -0.39 is 149 Å². The number of benzene rings is 1. The van der Waals surface area contributed by atoms with Crippen LogP contribution in [-0.2, 0) is 61.7 Å². The summed E-state index contributed by atoms with van der Waals surface area (Å²) in [5, 5.41) is 73.1. The Balaban J connectivity index is 0.955. The Morgan fingerprint density at radius 3 is 1.99 bits per heavy atom. The predicted octanol–water partition coefficient (Wildman–Crippen LogP) is 3.00. The highest BCUT2D eigenvalue weighted by Gasteiger charge is 2.82. The third-order valence-corrected chi connectivity index (χ3v) is 18.1. The van der Waals surface area contributed by atoms with Gasteiger partial charge in [-0.15, -0.1) is 0 Å². The van der Waals surface area contributed by atoms with Crippen molar-refractivity contribution in [2.45, 2.75) is 220 Å². The molecule has 6 N–H and O–H groups in total.